The highest BCUT2D eigenvalue weighted by molar-refractivity contribution is 6.68. The Morgan fingerprint density at radius 2 is 2.04 bits per heavy atom. The fourth-order valence-electron chi connectivity index (χ4n) is 3.65. The maximum atomic E-state index is 6.24. The van der Waals surface area contributed by atoms with Crippen LogP contribution >= 0.6 is 34.8 Å². The maximum Gasteiger partial charge on any atom is 0.230 e. The Bertz CT molecular complexity index is 704. The summed E-state index contributed by atoms with van der Waals surface area (Å²) >= 11 is 18.7. The van der Waals surface area contributed by atoms with Crippen molar-refractivity contribution < 1.29 is 4.74 Å². The Hall–Kier alpha value is -1.01. The monoisotopic (exact) mass is 430 g/mol. The predicted molar refractivity (Wildman–Crippen MR) is 114 cm³/mol. The van der Waals surface area contributed by atoms with E-state index in [4.69, 9.17) is 39.5 Å². The smallest absolute Gasteiger partial charge is 0.230 e. The number of alkyl halides is 3. The summed E-state index contributed by atoms with van der Waals surface area (Å²) in [5.41, 5.74) is 1.000. The number of ether oxygens (including phenoxy) is 1. The van der Waals surface area contributed by atoms with Crippen LogP contribution in [0.4, 0.5) is 0 Å². The van der Waals surface area contributed by atoms with E-state index in [0.29, 0.717) is 18.3 Å². The summed E-state index contributed by atoms with van der Waals surface area (Å²) in [6.45, 7) is 1.90. The van der Waals surface area contributed by atoms with Crippen LogP contribution in [-0.2, 0) is 6.42 Å². The number of rotatable bonds is 6. The Morgan fingerprint density at radius 3 is 2.70 bits per heavy atom. The molecule has 0 spiro atoms. The fraction of sp³-hybridized carbons (Fsp3) is 0.579. The molecular formula is C19H25Cl3N4O. The van der Waals surface area contributed by atoms with Gasteiger partial charge in [-0.05, 0) is 38.9 Å². The van der Waals surface area contributed by atoms with E-state index in [1.807, 2.05) is 29.2 Å². The average Bonchev–Trinajstić information content (AvgIpc) is 3.05. The first kappa shape index (κ1) is 20.7. The lowest BCUT2D eigenvalue weighted by molar-refractivity contribution is 0.250. The van der Waals surface area contributed by atoms with Gasteiger partial charge >= 0.3 is 0 Å². The molecule has 1 saturated heterocycles. The molecule has 2 atom stereocenters. The number of aliphatic imine (C=N–C) groups is 2. The van der Waals surface area contributed by atoms with E-state index in [2.05, 4.69) is 21.9 Å². The lowest BCUT2D eigenvalue weighted by atomic mass is 10.1. The van der Waals surface area contributed by atoms with Crippen molar-refractivity contribution >= 4 is 47.0 Å². The van der Waals surface area contributed by atoms with Gasteiger partial charge < -0.3 is 14.5 Å². The third-order valence-corrected chi connectivity index (χ3v) is 5.75. The molecule has 8 heteroatoms. The molecule has 2 heterocycles. The number of likely N-dealkylation sites (tertiary alicyclic amines) is 1. The van der Waals surface area contributed by atoms with E-state index in [1.165, 1.54) is 12.8 Å². The standard InChI is InChI=1S/C19H25Cl3N4O/c1-25-10-5-7-15(25)9-11-26-13-23-17(24-18(26)19(20,21)22)12-14-6-3-4-8-16(14)27-2/h3-4,6,8,13,15,18H,5,7,9-12H2,1-2H3. The second-order valence-corrected chi connectivity index (χ2v) is 9.37. The van der Waals surface area contributed by atoms with Gasteiger partial charge in [-0.3, -0.25) is 0 Å². The molecule has 5 nitrogen and oxygen atoms in total. The van der Waals surface area contributed by atoms with Gasteiger partial charge in [0.05, 0.1) is 13.4 Å². The second kappa shape index (κ2) is 8.99. The average molecular weight is 432 g/mol. The molecule has 148 valence electrons. The van der Waals surface area contributed by atoms with Crippen LogP contribution in [0.5, 0.6) is 5.75 Å². The molecule has 2 unspecified atom stereocenters. The van der Waals surface area contributed by atoms with Crippen LogP contribution in [0.15, 0.2) is 34.3 Å². The molecule has 1 fully saturated rings. The lowest BCUT2D eigenvalue weighted by Crippen LogP contribution is -2.46. The van der Waals surface area contributed by atoms with Crippen molar-refractivity contribution in [1.82, 2.24) is 9.80 Å². The second-order valence-electron chi connectivity index (χ2n) is 7.00. The molecule has 2 aliphatic heterocycles. The molecule has 0 N–H and O–H groups in total. The Kier molecular flexibility index (Phi) is 6.90. The first-order valence-electron chi connectivity index (χ1n) is 9.14. The zero-order valence-electron chi connectivity index (χ0n) is 15.6. The minimum atomic E-state index is -1.53. The highest BCUT2D eigenvalue weighted by Crippen LogP contribution is 2.35. The van der Waals surface area contributed by atoms with Gasteiger partial charge in [0.1, 0.15) is 11.6 Å². The quantitative estimate of drug-likeness (QED) is 0.635. The van der Waals surface area contributed by atoms with Gasteiger partial charge in [-0.1, -0.05) is 53.0 Å². The normalized spacial score (nSPS) is 23.6. The largest absolute Gasteiger partial charge is 0.496 e. The maximum absolute atomic E-state index is 6.24. The van der Waals surface area contributed by atoms with Gasteiger partial charge in [-0.25, -0.2) is 9.98 Å². The number of methoxy groups -OCH3 is 1. The van der Waals surface area contributed by atoms with E-state index in [-0.39, 0.29) is 0 Å². The zero-order valence-corrected chi connectivity index (χ0v) is 17.9. The molecule has 0 radical (unpaired) electrons. The topological polar surface area (TPSA) is 40.4 Å². The Labute approximate surface area is 175 Å². The first-order chi connectivity index (χ1) is 12.9. The van der Waals surface area contributed by atoms with Crippen molar-refractivity contribution in [1.29, 1.82) is 0 Å². The molecule has 0 bridgehead atoms. The van der Waals surface area contributed by atoms with Crippen LogP contribution in [0, 0.1) is 0 Å². The summed E-state index contributed by atoms with van der Waals surface area (Å²) < 4.78 is 3.88. The van der Waals surface area contributed by atoms with Crippen molar-refractivity contribution in [2.24, 2.45) is 9.98 Å². The number of benzene rings is 1. The van der Waals surface area contributed by atoms with E-state index < -0.39 is 9.96 Å². The van der Waals surface area contributed by atoms with E-state index in [1.54, 1.807) is 13.4 Å². The van der Waals surface area contributed by atoms with E-state index in [0.717, 1.165) is 30.8 Å². The summed E-state index contributed by atoms with van der Waals surface area (Å²) in [7, 11) is 3.81. The number of hydrogen-bond acceptors (Lipinski definition) is 5. The summed E-state index contributed by atoms with van der Waals surface area (Å²) in [4.78, 5) is 13.5. The first-order valence-corrected chi connectivity index (χ1v) is 10.3. The fourth-order valence-corrected chi connectivity index (χ4v) is 4.17. The van der Waals surface area contributed by atoms with Crippen molar-refractivity contribution in [3.8, 4) is 5.75 Å². The van der Waals surface area contributed by atoms with Crippen molar-refractivity contribution in [2.45, 2.75) is 41.7 Å². The van der Waals surface area contributed by atoms with Gasteiger partial charge in [-0.2, -0.15) is 0 Å². The zero-order chi connectivity index (χ0) is 19.4. The van der Waals surface area contributed by atoms with Crippen LogP contribution in [0.2, 0.25) is 0 Å². The summed E-state index contributed by atoms with van der Waals surface area (Å²) in [5, 5.41) is 0. The number of amidine groups is 1. The molecule has 0 amide bonds. The molecular weight excluding hydrogens is 407 g/mol. The molecule has 0 aromatic heterocycles. The van der Waals surface area contributed by atoms with Crippen molar-refractivity contribution in [2.75, 3.05) is 27.2 Å². The SMILES string of the molecule is COc1ccccc1CC1=NC(C(Cl)(Cl)Cl)N(CCC2CCCN2C)C=N1. The van der Waals surface area contributed by atoms with E-state index in [9.17, 15) is 0 Å². The molecule has 0 saturated carbocycles. The third-order valence-electron chi connectivity index (χ3n) is 5.17. The molecule has 0 aliphatic carbocycles. The number of halogens is 3. The number of hydrogen-bond donors (Lipinski definition) is 0. The molecule has 1 aromatic rings. The predicted octanol–water partition coefficient (Wildman–Crippen LogP) is 4.16. The van der Waals surface area contributed by atoms with Crippen LogP contribution in [0.3, 0.4) is 0 Å². The summed E-state index contributed by atoms with van der Waals surface area (Å²) in [6.07, 6.45) is 5.15. The summed E-state index contributed by atoms with van der Waals surface area (Å²) in [5.74, 6) is 1.43. The number of nitrogens with zero attached hydrogens (tertiary/aromatic N) is 4. The summed E-state index contributed by atoms with van der Waals surface area (Å²) in [6, 6.07) is 8.36. The van der Waals surface area contributed by atoms with Crippen LogP contribution in [0.1, 0.15) is 24.8 Å². The van der Waals surface area contributed by atoms with Gasteiger partial charge in [0.2, 0.25) is 3.79 Å². The Morgan fingerprint density at radius 1 is 1.26 bits per heavy atom. The van der Waals surface area contributed by atoms with E-state index >= 15 is 0 Å². The van der Waals surface area contributed by atoms with Gasteiger partial charge in [0.15, 0.2) is 6.17 Å². The highest BCUT2D eigenvalue weighted by Gasteiger charge is 2.38. The molecule has 3 rings (SSSR count). The minimum Gasteiger partial charge on any atom is -0.496 e. The molecule has 1 aromatic carbocycles. The highest BCUT2D eigenvalue weighted by atomic mass is 35.6. The van der Waals surface area contributed by atoms with Crippen LogP contribution < -0.4 is 4.74 Å². The van der Waals surface area contributed by atoms with Crippen LogP contribution in [0.25, 0.3) is 0 Å². The van der Waals surface area contributed by atoms with Crippen molar-refractivity contribution in [3.63, 3.8) is 0 Å². The Balaban J connectivity index is 1.71. The van der Waals surface area contributed by atoms with Crippen molar-refractivity contribution in [3.05, 3.63) is 29.8 Å². The molecule has 27 heavy (non-hydrogen) atoms. The lowest BCUT2D eigenvalue weighted by Gasteiger charge is -2.35. The van der Waals surface area contributed by atoms with Gasteiger partial charge in [-0.15, -0.1) is 0 Å². The third kappa shape index (κ3) is 5.29. The van der Waals surface area contributed by atoms with Crippen LogP contribution in [-0.4, -0.2) is 65.2 Å². The van der Waals surface area contributed by atoms with Gasteiger partial charge in [0.25, 0.3) is 0 Å². The minimum absolute atomic E-state index is 0.525. The number of para-hydroxylation sites is 1. The molecule has 2 aliphatic rings. The van der Waals surface area contributed by atoms with Gasteiger partial charge in [0, 0.05) is 24.6 Å².